The summed E-state index contributed by atoms with van der Waals surface area (Å²) in [4.78, 5) is 12.4. The Kier molecular flexibility index (Phi) is 4.76. The molecule has 0 unspecified atom stereocenters. The molecule has 2 N–H and O–H groups in total. The molecule has 0 aliphatic heterocycles. The fourth-order valence-corrected chi connectivity index (χ4v) is 2.61. The van der Waals surface area contributed by atoms with Crippen LogP contribution in [0.3, 0.4) is 0 Å². The maximum atomic E-state index is 11.8. The first kappa shape index (κ1) is 13.8. The van der Waals surface area contributed by atoms with Crippen LogP contribution in [0.25, 0.3) is 10.1 Å². The summed E-state index contributed by atoms with van der Waals surface area (Å²) in [6.07, 6.45) is 0.964. The van der Waals surface area contributed by atoms with Gasteiger partial charge < -0.3 is 15.2 Å². The van der Waals surface area contributed by atoms with Gasteiger partial charge in [0.2, 0.25) is 0 Å². The maximum absolute atomic E-state index is 11.8. The normalized spacial score (nSPS) is 10.8. The van der Waals surface area contributed by atoms with E-state index in [-0.39, 0.29) is 12.6 Å². The van der Waals surface area contributed by atoms with Gasteiger partial charge in [0.1, 0.15) is 11.5 Å². The van der Waals surface area contributed by atoms with Gasteiger partial charge in [0.05, 0.1) is 6.61 Å². The lowest BCUT2D eigenvalue weighted by molar-refractivity contribution is 0.0323. The number of anilines is 1. The van der Waals surface area contributed by atoms with Crippen LogP contribution in [0.2, 0.25) is 0 Å². The molecule has 102 valence electrons. The summed E-state index contributed by atoms with van der Waals surface area (Å²) in [5, 5.41) is 0.971. The summed E-state index contributed by atoms with van der Waals surface area (Å²) < 4.78 is 11.4. The average molecular weight is 279 g/mol. The minimum Gasteiger partial charge on any atom is -0.459 e. The van der Waals surface area contributed by atoms with Crippen LogP contribution in [0.5, 0.6) is 0 Å². The molecule has 2 rings (SSSR count). The van der Waals surface area contributed by atoms with Crippen LogP contribution >= 0.6 is 11.3 Å². The van der Waals surface area contributed by atoms with E-state index in [1.54, 1.807) is 0 Å². The van der Waals surface area contributed by atoms with Crippen molar-refractivity contribution < 1.29 is 14.3 Å². The summed E-state index contributed by atoms with van der Waals surface area (Å²) in [6, 6.07) is 7.40. The molecule has 0 fully saturated rings. The average Bonchev–Trinajstić information content (AvgIpc) is 2.81. The first-order valence-electron chi connectivity index (χ1n) is 6.24. The predicted octanol–water partition coefficient (Wildman–Crippen LogP) is 3.07. The van der Waals surface area contributed by atoms with E-state index in [4.69, 9.17) is 15.2 Å². The number of nitrogen functional groups attached to an aromatic ring is 1. The predicted molar refractivity (Wildman–Crippen MR) is 77.6 cm³/mol. The number of benzene rings is 1. The number of rotatable bonds is 6. The molecule has 2 aromatic rings. The van der Waals surface area contributed by atoms with Gasteiger partial charge >= 0.3 is 5.97 Å². The molecule has 1 aromatic carbocycles. The quantitative estimate of drug-likeness (QED) is 0.501. The molecule has 0 atom stereocenters. The standard InChI is InChI=1S/C14H17NO3S/c1-2-5-17-6-7-18-14(16)13-9-10-8-11(15)3-4-12(10)19-13/h3-4,8-9H,2,5-7,15H2,1H3. The minimum atomic E-state index is -0.306. The zero-order chi connectivity index (χ0) is 13.7. The molecule has 4 nitrogen and oxygen atoms in total. The third-order valence-electron chi connectivity index (χ3n) is 2.55. The number of hydrogen-bond acceptors (Lipinski definition) is 5. The first-order valence-corrected chi connectivity index (χ1v) is 7.06. The van der Waals surface area contributed by atoms with Crippen molar-refractivity contribution in [2.24, 2.45) is 0 Å². The Balaban J connectivity index is 1.94. The molecule has 19 heavy (non-hydrogen) atoms. The summed E-state index contributed by atoms with van der Waals surface area (Å²) in [5.41, 5.74) is 6.40. The molecular formula is C14H17NO3S. The van der Waals surface area contributed by atoms with E-state index in [0.29, 0.717) is 23.8 Å². The van der Waals surface area contributed by atoms with Gasteiger partial charge in [-0.05, 0) is 36.1 Å². The summed E-state index contributed by atoms with van der Waals surface area (Å²) in [5.74, 6) is -0.306. The number of thiophene rings is 1. The molecule has 0 spiro atoms. The van der Waals surface area contributed by atoms with E-state index >= 15 is 0 Å². The Morgan fingerprint density at radius 3 is 2.89 bits per heavy atom. The number of fused-ring (bicyclic) bond motifs is 1. The molecule has 0 saturated carbocycles. The van der Waals surface area contributed by atoms with Crippen LogP contribution < -0.4 is 5.73 Å². The summed E-state index contributed by atoms with van der Waals surface area (Å²) in [6.45, 7) is 3.46. The van der Waals surface area contributed by atoms with Crippen molar-refractivity contribution in [1.29, 1.82) is 0 Å². The zero-order valence-corrected chi connectivity index (χ0v) is 11.7. The highest BCUT2D eigenvalue weighted by atomic mass is 32.1. The highest BCUT2D eigenvalue weighted by Crippen LogP contribution is 2.27. The molecule has 5 heteroatoms. The topological polar surface area (TPSA) is 61.5 Å². The van der Waals surface area contributed by atoms with Gasteiger partial charge in [0, 0.05) is 17.0 Å². The lowest BCUT2D eigenvalue weighted by Gasteiger charge is -2.03. The van der Waals surface area contributed by atoms with Gasteiger partial charge in [-0.1, -0.05) is 6.92 Å². The highest BCUT2D eigenvalue weighted by molar-refractivity contribution is 7.20. The molecule has 0 aliphatic carbocycles. The molecule has 1 heterocycles. The van der Waals surface area contributed by atoms with Gasteiger partial charge in [0.15, 0.2) is 0 Å². The van der Waals surface area contributed by atoms with Crippen molar-refractivity contribution in [3.8, 4) is 0 Å². The zero-order valence-electron chi connectivity index (χ0n) is 10.8. The minimum absolute atomic E-state index is 0.287. The molecular weight excluding hydrogens is 262 g/mol. The number of carbonyl (C=O) groups excluding carboxylic acids is 1. The summed E-state index contributed by atoms with van der Waals surface area (Å²) >= 11 is 1.41. The Labute approximate surface area is 116 Å². The lowest BCUT2D eigenvalue weighted by Crippen LogP contribution is -2.10. The summed E-state index contributed by atoms with van der Waals surface area (Å²) in [7, 11) is 0. The molecule has 0 bridgehead atoms. The Morgan fingerprint density at radius 1 is 1.26 bits per heavy atom. The number of esters is 1. The van der Waals surface area contributed by atoms with E-state index < -0.39 is 0 Å². The van der Waals surface area contributed by atoms with E-state index in [9.17, 15) is 4.79 Å². The second-order valence-electron chi connectivity index (χ2n) is 4.16. The van der Waals surface area contributed by atoms with Gasteiger partial charge in [-0.15, -0.1) is 11.3 Å². The van der Waals surface area contributed by atoms with E-state index in [0.717, 1.165) is 16.5 Å². The fourth-order valence-electron chi connectivity index (χ4n) is 1.67. The second kappa shape index (κ2) is 6.54. The van der Waals surface area contributed by atoms with E-state index in [1.807, 2.05) is 31.2 Å². The molecule has 0 saturated heterocycles. The van der Waals surface area contributed by atoms with Crippen LogP contribution in [0, 0.1) is 0 Å². The van der Waals surface area contributed by atoms with Crippen molar-refractivity contribution >= 4 is 33.1 Å². The smallest absolute Gasteiger partial charge is 0.348 e. The van der Waals surface area contributed by atoms with E-state index in [1.165, 1.54) is 11.3 Å². The van der Waals surface area contributed by atoms with Gasteiger partial charge in [-0.3, -0.25) is 0 Å². The Morgan fingerprint density at radius 2 is 2.11 bits per heavy atom. The highest BCUT2D eigenvalue weighted by Gasteiger charge is 2.11. The molecule has 0 aliphatic rings. The van der Waals surface area contributed by atoms with Gasteiger partial charge in [0.25, 0.3) is 0 Å². The Bertz CT molecular complexity index is 565. The number of ether oxygens (including phenoxy) is 2. The van der Waals surface area contributed by atoms with Crippen molar-refractivity contribution in [3.05, 3.63) is 29.1 Å². The second-order valence-corrected chi connectivity index (χ2v) is 5.24. The maximum Gasteiger partial charge on any atom is 0.348 e. The van der Waals surface area contributed by atoms with E-state index in [2.05, 4.69) is 0 Å². The van der Waals surface area contributed by atoms with Crippen LogP contribution in [0.1, 0.15) is 23.0 Å². The molecule has 0 radical (unpaired) electrons. The number of hydrogen-bond donors (Lipinski definition) is 1. The third kappa shape index (κ3) is 3.68. The lowest BCUT2D eigenvalue weighted by atomic mass is 10.2. The molecule has 0 amide bonds. The van der Waals surface area contributed by atoms with Crippen LogP contribution in [0.15, 0.2) is 24.3 Å². The Hall–Kier alpha value is -1.59. The van der Waals surface area contributed by atoms with Crippen LogP contribution in [0.4, 0.5) is 5.69 Å². The largest absolute Gasteiger partial charge is 0.459 e. The molecule has 1 aromatic heterocycles. The van der Waals surface area contributed by atoms with Crippen molar-refractivity contribution in [2.75, 3.05) is 25.6 Å². The van der Waals surface area contributed by atoms with Crippen molar-refractivity contribution in [2.45, 2.75) is 13.3 Å². The number of nitrogens with two attached hydrogens (primary N) is 1. The third-order valence-corrected chi connectivity index (χ3v) is 3.65. The monoisotopic (exact) mass is 279 g/mol. The van der Waals surface area contributed by atoms with Crippen molar-refractivity contribution in [1.82, 2.24) is 0 Å². The van der Waals surface area contributed by atoms with Crippen LogP contribution in [-0.4, -0.2) is 25.8 Å². The van der Waals surface area contributed by atoms with Crippen molar-refractivity contribution in [3.63, 3.8) is 0 Å². The van der Waals surface area contributed by atoms with Gasteiger partial charge in [-0.25, -0.2) is 4.79 Å². The first-order chi connectivity index (χ1) is 9.20. The number of carbonyl (C=O) groups is 1. The SMILES string of the molecule is CCCOCCOC(=O)c1cc2cc(N)ccc2s1. The fraction of sp³-hybridized carbons (Fsp3) is 0.357. The van der Waals surface area contributed by atoms with Crippen LogP contribution in [-0.2, 0) is 9.47 Å². The van der Waals surface area contributed by atoms with Gasteiger partial charge in [-0.2, -0.15) is 0 Å².